The summed E-state index contributed by atoms with van der Waals surface area (Å²) < 4.78 is 5.28. The molecule has 0 unspecified atom stereocenters. The van der Waals surface area contributed by atoms with Gasteiger partial charge in [-0.15, -0.1) is 0 Å². The van der Waals surface area contributed by atoms with E-state index in [0.29, 0.717) is 5.15 Å². The Hall–Kier alpha value is -0.610. The Balaban J connectivity index is 2.83. The molecule has 0 aliphatic carbocycles. The number of esters is 1. The van der Waals surface area contributed by atoms with Crippen molar-refractivity contribution < 1.29 is 9.53 Å². The monoisotopic (exact) mass is 263 g/mol. The minimum absolute atomic E-state index is 0.196. The van der Waals surface area contributed by atoms with Crippen LogP contribution in [0.25, 0.3) is 0 Å². The number of hydrogen-bond donors (Lipinski definition) is 0. The van der Waals surface area contributed by atoms with E-state index in [9.17, 15) is 4.79 Å². The van der Waals surface area contributed by atoms with Crippen LogP contribution in [0.5, 0.6) is 0 Å². The van der Waals surface area contributed by atoms with Gasteiger partial charge in [0, 0.05) is 10.7 Å². The molecule has 1 aromatic heterocycles. The summed E-state index contributed by atoms with van der Waals surface area (Å²) in [6, 6.07) is 1.64. The third-order valence-electron chi connectivity index (χ3n) is 1.46. The van der Waals surface area contributed by atoms with Gasteiger partial charge in [0.1, 0.15) is 5.15 Å². The first-order chi connectivity index (χ1) is 6.13. The molecule has 13 heavy (non-hydrogen) atoms. The van der Waals surface area contributed by atoms with Crippen LogP contribution in [-0.2, 0) is 16.0 Å². The van der Waals surface area contributed by atoms with Crippen molar-refractivity contribution in [2.24, 2.45) is 0 Å². The van der Waals surface area contributed by atoms with Crippen molar-refractivity contribution in [1.82, 2.24) is 4.98 Å². The largest absolute Gasteiger partial charge is 0.469 e. The molecule has 0 radical (unpaired) electrons. The number of nitrogens with zero attached hydrogens (tertiary/aromatic N) is 1. The van der Waals surface area contributed by atoms with Crippen molar-refractivity contribution in [2.45, 2.75) is 6.42 Å². The van der Waals surface area contributed by atoms with Crippen molar-refractivity contribution in [3.63, 3.8) is 0 Å². The van der Waals surface area contributed by atoms with Crippen LogP contribution < -0.4 is 0 Å². The molecule has 1 heterocycles. The molecule has 0 bridgehead atoms. The highest BCUT2D eigenvalue weighted by Crippen LogP contribution is 2.19. The smallest absolute Gasteiger partial charge is 0.310 e. The number of methoxy groups -OCH3 is 1. The number of hydrogen-bond acceptors (Lipinski definition) is 3. The van der Waals surface area contributed by atoms with Gasteiger partial charge in [-0.1, -0.05) is 27.5 Å². The Morgan fingerprint density at radius 3 is 3.00 bits per heavy atom. The number of pyridine rings is 1. The minimum atomic E-state index is -0.301. The number of rotatable bonds is 2. The Morgan fingerprint density at radius 2 is 2.46 bits per heavy atom. The number of aromatic nitrogens is 1. The summed E-state index contributed by atoms with van der Waals surface area (Å²) in [6.07, 6.45) is 1.74. The molecule has 3 nitrogen and oxygen atoms in total. The average Bonchev–Trinajstić information content (AvgIpc) is 2.09. The lowest BCUT2D eigenvalue weighted by atomic mass is 10.2. The van der Waals surface area contributed by atoms with Gasteiger partial charge in [-0.05, 0) is 11.6 Å². The van der Waals surface area contributed by atoms with E-state index in [1.807, 2.05) is 0 Å². The second kappa shape index (κ2) is 4.58. The fraction of sp³-hybridized carbons (Fsp3) is 0.250. The maximum Gasteiger partial charge on any atom is 0.310 e. The maximum atomic E-state index is 10.9. The van der Waals surface area contributed by atoms with Gasteiger partial charge in [-0.2, -0.15) is 0 Å². The number of halogens is 2. The zero-order chi connectivity index (χ0) is 9.84. The zero-order valence-corrected chi connectivity index (χ0v) is 9.22. The third-order valence-corrected chi connectivity index (χ3v) is 2.40. The summed E-state index contributed by atoms with van der Waals surface area (Å²) in [5.41, 5.74) is 0.760. The lowest BCUT2D eigenvalue weighted by Crippen LogP contribution is -2.05. The van der Waals surface area contributed by atoms with Gasteiger partial charge in [0.2, 0.25) is 0 Å². The molecule has 0 N–H and O–H groups in total. The molecule has 0 saturated carbocycles. The summed E-state index contributed by atoms with van der Waals surface area (Å²) in [7, 11) is 1.35. The standard InChI is InChI=1S/C8H7BrClNO2/c1-13-8(12)2-5-4-11-7(10)3-6(5)9/h3-4H,2H2,1H3. The van der Waals surface area contributed by atoms with E-state index in [-0.39, 0.29) is 12.4 Å². The van der Waals surface area contributed by atoms with E-state index in [1.165, 1.54) is 7.11 Å². The lowest BCUT2D eigenvalue weighted by Gasteiger charge is -2.02. The molecular formula is C8H7BrClNO2. The van der Waals surface area contributed by atoms with E-state index >= 15 is 0 Å². The Labute approximate surface area is 89.2 Å². The zero-order valence-electron chi connectivity index (χ0n) is 6.88. The predicted octanol–water partition coefficient (Wildman–Crippen LogP) is 2.21. The summed E-state index contributed by atoms with van der Waals surface area (Å²) in [5.74, 6) is -0.301. The molecule has 0 aliphatic rings. The summed E-state index contributed by atoms with van der Waals surface area (Å²) >= 11 is 8.90. The van der Waals surface area contributed by atoms with Crippen LogP contribution >= 0.6 is 27.5 Å². The lowest BCUT2D eigenvalue weighted by molar-refractivity contribution is -0.139. The normalized spacial score (nSPS) is 9.77. The molecule has 1 aromatic rings. The van der Waals surface area contributed by atoms with Crippen molar-refractivity contribution in [2.75, 3.05) is 7.11 Å². The van der Waals surface area contributed by atoms with Gasteiger partial charge in [-0.25, -0.2) is 4.98 Å². The average molecular weight is 265 g/mol. The van der Waals surface area contributed by atoms with E-state index in [0.717, 1.165) is 10.0 Å². The first-order valence-corrected chi connectivity index (χ1v) is 4.67. The van der Waals surface area contributed by atoms with Crippen molar-refractivity contribution in [3.8, 4) is 0 Å². The van der Waals surface area contributed by atoms with E-state index in [2.05, 4.69) is 25.7 Å². The van der Waals surface area contributed by atoms with Crippen molar-refractivity contribution in [1.29, 1.82) is 0 Å². The van der Waals surface area contributed by atoms with Crippen molar-refractivity contribution in [3.05, 3.63) is 27.5 Å². The van der Waals surface area contributed by atoms with E-state index in [1.54, 1.807) is 12.3 Å². The molecule has 0 aliphatic heterocycles. The number of ether oxygens (including phenoxy) is 1. The molecule has 0 saturated heterocycles. The molecule has 5 heteroatoms. The molecule has 0 amide bonds. The molecule has 1 rings (SSSR count). The highest BCUT2D eigenvalue weighted by Gasteiger charge is 2.07. The van der Waals surface area contributed by atoms with Crippen LogP contribution in [-0.4, -0.2) is 18.1 Å². The number of carbonyl (C=O) groups excluding carboxylic acids is 1. The van der Waals surface area contributed by atoms with Crippen LogP contribution in [0, 0.1) is 0 Å². The highest BCUT2D eigenvalue weighted by molar-refractivity contribution is 9.10. The Kier molecular flexibility index (Phi) is 3.69. The quantitative estimate of drug-likeness (QED) is 0.607. The van der Waals surface area contributed by atoms with Crippen LogP contribution in [0.4, 0.5) is 0 Å². The van der Waals surface area contributed by atoms with Crippen LogP contribution in [0.15, 0.2) is 16.7 Å². The van der Waals surface area contributed by atoms with Gasteiger partial charge in [0.05, 0.1) is 13.5 Å². The molecule has 0 aromatic carbocycles. The fourth-order valence-electron chi connectivity index (χ4n) is 0.794. The fourth-order valence-corrected chi connectivity index (χ4v) is 1.54. The first-order valence-electron chi connectivity index (χ1n) is 3.50. The van der Waals surface area contributed by atoms with Crippen LogP contribution in [0.2, 0.25) is 5.15 Å². The Bertz CT molecular complexity index is 330. The third kappa shape index (κ3) is 2.97. The minimum Gasteiger partial charge on any atom is -0.469 e. The second-order valence-corrected chi connectivity index (χ2v) is 3.59. The molecule has 0 spiro atoms. The summed E-state index contributed by atoms with van der Waals surface area (Å²) in [6.45, 7) is 0. The Morgan fingerprint density at radius 1 is 1.77 bits per heavy atom. The van der Waals surface area contributed by atoms with Crippen molar-refractivity contribution >= 4 is 33.5 Å². The first kappa shape index (κ1) is 10.5. The van der Waals surface area contributed by atoms with Gasteiger partial charge in [0.15, 0.2) is 0 Å². The number of carbonyl (C=O) groups is 1. The summed E-state index contributed by atoms with van der Waals surface area (Å²) in [5, 5.41) is 0.389. The molecular weight excluding hydrogens is 257 g/mol. The topological polar surface area (TPSA) is 39.2 Å². The second-order valence-electron chi connectivity index (χ2n) is 2.35. The SMILES string of the molecule is COC(=O)Cc1cnc(Cl)cc1Br. The van der Waals surface area contributed by atoms with E-state index < -0.39 is 0 Å². The van der Waals surface area contributed by atoms with Crippen LogP contribution in [0.1, 0.15) is 5.56 Å². The maximum absolute atomic E-state index is 10.9. The molecule has 0 fully saturated rings. The predicted molar refractivity (Wildman–Crippen MR) is 52.7 cm³/mol. The van der Waals surface area contributed by atoms with Gasteiger partial charge in [0.25, 0.3) is 0 Å². The van der Waals surface area contributed by atoms with Gasteiger partial charge >= 0.3 is 5.97 Å². The van der Waals surface area contributed by atoms with Gasteiger partial charge in [-0.3, -0.25) is 4.79 Å². The summed E-state index contributed by atoms with van der Waals surface area (Å²) in [4.78, 5) is 14.8. The van der Waals surface area contributed by atoms with E-state index in [4.69, 9.17) is 11.6 Å². The molecule has 70 valence electrons. The van der Waals surface area contributed by atoms with Gasteiger partial charge < -0.3 is 4.74 Å². The highest BCUT2D eigenvalue weighted by atomic mass is 79.9. The van der Waals surface area contributed by atoms with Crippen LogP contribution in [0.3, 0.4) is 0 Å². The molecule has 0 atom stereocenters.